The zero-order valence-electron chi connectivity index (χ0n) is 31.1. The summed E-state index contributed by atoms with van der Waals surface area (Å²) in [4.78, 5) is 49.6. The Morgan fingerprint density at radius 1 is 0.983 bits per heavy atom. The van der Waals surface area contributed by atoms with Crippen molar-refractivity contribution in [1.82, 2.24) is 39.0 Å². The van der Waals surface area contributed by atoms with E-state index in [1.807, 2.05) is 11.9 Å². The number of nitrogens with zero attached hydrogens (tertiary/aromatic N) is 10. The molecule has 23 nitrogen and oxygen atoms in total. The first-order valence-corrected chi connectivity index (χ1v) is 20.8. The number of ether oxygens (including phenoxy) is 3. The number of non-ortho nitro benzene ring substituents is 1. The number of benzene rings is 1. The van der Waals surface area contributed by atoms with Crippen molar-refractivity contribution in [2.75, 3.05) is 44.0 Å². The van der Waals surface area contributed by atoms with Gasteiger partial charge in [0.1, 0.15) is 48.5 Å². The lowest BCUT2D eigenvalue weighted by molar-refractivity contribution is -0.384. The summed E-state index contributed by atoms with van der Waals surface area (Å²) in [6.07, 6.45) is -4.69. The Labute approximate surface area is 334 Å². The summed E-state index contributed by atoms with van der Waals surface area (Å²) in [5.74, 6) is 0.541. The number of anilines is 2. The molecular formula is C33H42N11O12PS. The van der Waals surface area contributed by atoms with Gasteiger partial charge in [-0.1, -0.05) is 25.5 Å². The van der Waals surface area contributed by atoms with Gasteiger partial charge in [0.15, 0.2) is 35.1 Å². The third-order valence-electron chi connectivity index (χ3n) is 9.77. The van der Waals surface area contributed by atoms with E-state index >= 15 is 0 Å². The minimum Gasteiger partial charge on any atom is -0.476 e. The molecule has 0 amide bonds. The molecule has 0 aliphatic carbocycles. The van der Waals surface area contributed by atoms with Crippen LogP contribution in [0.2, 0.25) is 0 Å². The van der Waals surface area contributed by atoms with Crippen LogP contribution in [0.4, 0.5) is 17.5 Å². The number of aromatic nitrogens is 8. The summed E-state index contributed by atoms with van der Waals surface area (Å²) in [5.41, 5.74) is 7.64. The van der Waals surface area contributed by atoms with Gasteiger partial charge in [-0.05, 0) is 23.8 Å². The highest BCUT2D eigenvalue weighted by Crippen LogP contribution is 2.50. The summed E-state index contributed by atoms with van der Waals surface area (Å²) >= 11 is 5.29. The van der Waals surface area contributed by atoms with Crippen molar-refractivity contribution < 1.29 is 53.5 Å². The van der Waals surface area contributed by atoms with E-state index in [1.165, 1.54) is 40.2 Å². The first-order chi connectivity index (χ1) is 27.8. The number of imidazole rings is 2. The molecule has 4 aromatic heterocycles. The van der Waals surface area contributed by atoms with Gasteiger partial charge in [-0.15, -0.1) is 0 Å². The molecule has 312 valence electrons. The van der Waals surface area contributed by atoms with E-state index < -0.39 is 73.9 Å². The molecule has 0 radical (unpaired) electrons. The second kappa shape index (κ2) is 17.3. The van der Waals surface area contributed by atoms with Crippen LogP contribution in [0, 0.1) is 10.1 Å². The fraction of sp³-hybridized carbons (Fsp3) is 0.515. The predicted octanol–water partition coefficient (Wildman–Crippen LogP) is 0.503. The maximum atomic E-state index is 11.2. The molecule has 9 atom stereocenters. The van der Waals surface area contributed by atoms with Gasteiger partial charge in [-0.2, -0.15) is 9.97 Å². The van der Waals surface area contributed by atoms with Crippen LogP contribution in [0.25, 0.3) is 22.3 Å². The number of aliphatic hydroxyl groups excluding tert-OH is 4. The average molecular weight is 848 g/mol. The number of fused-ring (bicyclic) bond motifs is 2. The van der Waals surface area contributed by atoms with Crippen molar-refractivity contribution in [3.63, 3.8) is 0 Å². The van der Waals surface area contributed by atoms with Crippen LogP contribution in [0.1, 0.15) is 37.8 Å². The highest BCUT2D eigenvalue weighted by Gasteiger charge is 2.49. The molecule has 2 aliphatic heterocycles. The molecule has 5 aromatic rings. The van der Waals surface area contributed by atoms with Gasteiger partial charge in [-0.3, -0.25) is 23.8 Å². The Kier molecular flexibility index (Phi) is 12.4. The zero-order valence-corrected chi connectivity index (χ0v) is 32.8. The first kappa shape index (κ1) is 41.6. The second-order valence-corrected chi connectivity index (χ2v) is 16.4. The molecule has 0 bridgehead atoms. The van der Waals surface area contributed by atoms with Gasteiger partial charge in [0.25, 0.3) is 5.69 Å². The second-order valence-electron chi connectivity index (χ2n) is 13.7. The summed E-state index contributed by atoms with van der Waals surface area (Å²) < 4.78 is 32.1. The lowest BCUT2D eigenvalue weighted by Gasteiger charge is -2.27. The standard InChI is InChI=1S/C33H42N11O12PS/c1-3-4-10-41(2)33-39-29-22(30(40-33)52-11-9-17-5-7-18(8-6-17)44(49)50)38-16-43(29)31-25(48)23(46)20(55-31)13-53-57(51,58)56-26-24(47)19(12-45)54-32(26)42-15-37-21-27(34)35-14-36-28(21)42/h5-8,14-16,19-20,23-26,31-32,45-48H,3-4,9-13H2,1-2H3,(H,51,58)(H2,34,35,36)/t19-,20-,23-,24-,25-,26-,31-,32-,57?/m1/s1. The number of nitro groups is 1. The van der Waals surface area contributed by atoms with Crippen molar-refractivity contribution in [3.8, 4) is 5.88 Å². The number of aliphatic hydroxyl groups is 4. The Morgan fingerprint density at radius 3 is 2.40 bits per heavy atom. The fourth-order valence-electron chi connectivity index (χ4n) is 6.59. The molecule has 7 rings (SSSR count). The third kappa shape index (κ3) is 8.44. The highest BCUT2D eigenvalue weighted by atomic mass is 32.5. The van der Waals surface area contributed by atoms with E-state index in [2.05, 4.69) is 31.8 Å². The number of rotatable bonds is 17. The van der Waals surface area contributed by atoms with Crippen molar-refractivity contribution in [2.24, 2.45) is 0 Å². The quantitative estimate of drug-likeness (QED) is 0.0422. The largest absolute Gasteiger partial charge is 0.476 e. The minimum absolute atomic E-state index is 0.0232. The normalized spacial score (nSPS) is 25.7. The smallest absolute Gasteiger partial charge is 0.325 e. The van der Waals surface area contributed by atoms with Gasteiger partial charge in [-0.25, -0.2) is 19.9 Å². The summed E-state index contributed by atoms with van der Waals surface area (Å²) in [6, 6.07) is 6.12. The lowest BCUT2D eigenvalue weighted by Crippen LogP contribution is -2.36. The Balaban J connectivity index is 1.07. The maximum Gasteiger partial charge on any atom is 0.325 e. The van der Waals surface area contributed by atoms with Crippen molar-refractivity contribution in [2.45, 2.75) is 75.3 Å². The van der Waals surface area contributed by atoms with Crippen LogP contribution in [0.15, 0.2) is 43.2 Å². The molecule has 2 aliphatic rings. The summed E-state index contributed by atoms with van der Waals surface area (Å²) in [5, 5.41) is 54.2. The summed E-state index contributed by atoms with van der Waals surface area (Å²) in [6.45, 7) is -2.58. The van der Waals surface area contributed by atoms with Gasteiger partial charge in [0.05, 0.1) is 37.4 Å². The molecule has 7 N–H and O–H groups in total. The highest BCUT2D eigenvalue weighted by molar-refractivity contribution is 8.07. The zero-order chi connectivity index (χ0) is 41.3. The van der Waals surface area contributed by atoms with E-state index in [1.54, 1.807) is 12.1 Å². The molecule has 0 spiro atoms. The van der Waals surface area contributed by atoms with Gasteiger partial charge >= 0.3 is 6.72 Å². The molecule has 1 unspecified atom stereocenters. The number of unbranched alkanes of at least 4 members (excludes halogenated alkanes) is 1. The Hall–Kier alpha value is -4.59. The molecule has 0 saturated carbocycles. The lowest BCUT2D eigenvalue weighted by atomic mass is 10.1. The molecule has 2 fully saturated rings. The first-order valence-electron chi connectivity index (χ1n) is 18.2. The summed E-state index contributed by atoms with van der Waals surface area (Å²) in [7, 11) is 1.82. The van der Waals surface area contributed by atoms with Gasteiger partial charge in [0, 0.05) is 32.1 Å². The minimum atomic E-state index is -4.26. The molecular weight excluding hydrogens is 805 g/mol. The van der Waals surface area contributed by atoms with E-state index in [-0.39, 0.29) is 46.3 Å². The van der Waals surface area contributed by atoms with E-state index in [0.717, 1.165) is 18.4 Å². The number of nitrogen functional groups attached to an aromatic ring is 1. The number of hydrogen-bond acceptors (Lipinski definition) is 20. The molecule has 2 saturated heterocycles. The Morgan fingerprint density at radius 2 is 1.69 bits per heavy atom. The molecule has 1 aromatic carbocycles. The molecule has 58 heavy (non-hydrogen) atoms. The van der Waals surface area contributed by atoms with E-state index in [9.17, 15) is 35.4 Å². The fourth-order valence-corrected chi connectivity index (χ4v) is 8.01. The molecule has 25 heteroatoms. The predicted molar refractivity (Wildman–Crippen MR) is 206 cm³/mol. The van der Waals surface area contributed by atoms with Crippen LogP contribution in [-0.4, -0.2) is 139 Å². The van der Waals surface area contributed by atoms with E-state index in [0.29, 0.717) is 18.9 Å². The van der Waals surface area contributed by atoms with Crippen LogP contribution in [0.5, 0.6) is 5.88 Å². The van der Waals surface area contributed by atoms with Crippen LogP contribution < -0.4 is 15.4 Å². The number of nitrogens with two attached hydrogens (primary N) is 1. The monoisotopic (exact) mass is 847 g/mol. The average Bonchev–Trinajstić information content (AvgIpc) is 3.97. The SMILES string of the molecule is CCCCN(C)c1nc(OCCc2ccc([N+](=O)[O-])cc2)c2ncn([C@@H]3O[C@H](COP(O)(=S)O[C@@H]4[C@H](O)[C@@H](CO)O[C@H]4n4cnc5c(N)ncnc54)[C@@H](O)[C@H]3O)c2n1. The van der Waals surface area contributed by atoms with Crippen LogP contribution in [0.3, 0.4) is 0 Å². The van der Waals surface area contributed by atoms with Crippen LogP contribution in [-0.2, 0) is 36.7 Å². The topological polar surface area (TPSA) is 307 Å². The van der Waals surface area contributed by atoms with Crippen molar-refractivity contribution in [3.05, 3.63) is 58.9 Å². The van der Waals surface area contributed by atoms with Crippen molar-refractivity contribution in [1.29, 1.82) is 0 Å². The maximum absolute atomic E-state index is 11.2. The van der Waals surface area contributed by atoms with Gasteiger partial charge in [0.2, 0.25) is 11.8 Å². The third-order valence-corrected chi connectivity index (χ3v) is 11.3. The van der Waals surface area contributed by atoms with Crippen molar-refractivity contribution >= 4 is 58.3 Å². The van der Waals surface area contributed by atoms with Gasteiger partial charge < -0.3 is 54.7 Å². The number of nitro benzene ring substituents is 1. The Bertz CT molecular complexity index is 2290. The van der Waals surface area contributed by atoms with Crippen LogP contribution >= 0.6 is 6.72 Å². The number of hydrogen-bond donors (Lipinski definition) is 6. The van der Waals surface area contributed by atoms with E-state index in [4.69, 9.17) is 45.8 Å². The molecule has 6 heterocycles.